The molecule has 2 aromatic carbocycles. The zero-order valence-electron chi connectivity index (χ0n) is 10.8. The van der Waals surface area contributed by atoms with Crippen LogP contribution in [0.15, 0.2) is 42.5 Å². The van der Waals surface area contributed by atoms with Gasteiger partial charge in [0.15, 0.2) is 0 Å². The molecule has 1 aliphatic rings. The van der Waals surface area contributed by atoms with E-state index in [1.807, 2.05) is 29.2 Å². The second-order valence-corrected chi connectivity index (χ2v) is 4.77. The number of hydrogen-bond donors (Lipinski definition) is 1. The van der Waals surface area contributed by atoms with Gasteiger partial charge in [-0.25, -0.2) is 0 Å². The van der Waals surface area contributed by atoms with Gasteiger partial charge in [0.25, 0.3) is 5.69 Å². The topological polar surface area (TPSA) is 66.6 Å². The lowest BCUT2D eigenvalue weighted by Crippen LogP contribution is -2.15. The first-order chi connectivity index (χ1) is 9.70. The Bertz CT molecular complexity index is 670. The summed E-state index contributed by atoms with van der Waals surface area (Å²) < 4.78 is 0. The monoisotopic (exact) mass is 270 g/mol. The minimum absolute atomic E-state index is 0.0354. The average molecular weight is 270 g/mol. The van der Waals surface area contributed by atoms with Crippen molar-refractivity contribution < 1.29 is 10.0 Å². The first kappa shape index (κ1) is 12.6. The largest absolute Gasteiger partial charge is 0.392 e. The van der Waals surface area contributed by atoms with Gasteiger partial charge in [-0.2, -0.15) is 0 Å². The van der Waals surface area contributed by atoms with Gasteiger partial charge < -0.3 is 10.0 Å². The lowest BCUT2D eigenvalue weighted by Gasteiger charge is -2.19. The standard InChI is InChI=1S/C15H14N2O3/c18-10-11-5-6-14(15(9-11)17(19)20)16-8-7-12-3-1-2-4-13(12)16/h1-6,9,18H,7-8,10H2. The molecule has 0 unspecified atom stereocenters. The fourth-order valence-corrected chi connectivity index (χ4v) is 2.63. The fourth-order valence-electron chi connectivity index (χ4n) is 2.63. The SMILES string of the molecule is O=[N+]([O-])c1cc(CO)ccc1N1CCc2ccccc21. The third kappa shape index (κ3) is 2.02. The van der Waals surface area contributed by atoms with Gasteiger partial charge in [-0.1, -0.05) is 24.3 Å². The molecule has 20 heavy (non-hydrogen) atoms. The number of nitro benzene ring substituents is 1. The molecule has 5 nitrogen and oxygen atoms in total. The van der Waals surface area contributed by atoms with Crippen LogP contribution in [0.2, 0.25) is 0 Å². The van der Waals surface area contributed by atoms with E-state index in [4.69, 9.17) is 5.11 Å². The number of anilines is 2. The number of hydrogen-bond acceptors (Lipinski definition) is 4. The molecule has 0 amide bonds. The zero-order chi connectivity index (χ0) is 14.1. The number of aliphatic hydroxyl groups is 1. The number of benzene rings is 2. The van der Waals surface area contributed by atoms with Crippen molar-refractivity contribution in [2.45, 2.75) is 13.0 Å². The van der Waals surface area contributed by atoms with Gasteiger partial charge in [0, 0.05) is 18.3 Å². The van der Waals surface area contributed by atoms with Gasteiger partial charge in [-0.3, -0.25) is 10.1 Å². The van der Waals surface area contributed by atoms with Crippen LogP contribution in [-0.4, -0.2) is 16.6 Å². The van der Waals surface area contributed by atoms with E-state index >= 15 is 0 Å². The van der Waals surface area contributed by atoms with Crippen molar-refractivity contribution in [3.63, 3.8) is 0 Å². The van der Waals surface area contributed by atoms with Gasteiger partial charge in [-0.15, -0.1) is 0 Å². The van der Waals surface area contributed by atoms with Crippen molar-refractivity contribution in [2.75, 3.05) is 11.4 Å². The third-order valence-corrected chi connectivity index (χ3v) is 3.60. The van der Waals surface area contributed by atoms with Crippen molar-refractivity contribution in [3.05, 3.63) is 63.7 Å². The van der Waals surface area contributed by atoms with E-state index in [1.165, 1.54) is 11.6 Å². The smallest absolute Gasteiger partial charge is 0.293 e. The van der Waals surface area contributed by atoms with Crippen LogP contribution in [-0.2, 0) is 13.0 Å². The number of aliphatic hydroxyl groups excluding tert-OH is 1. The zero-order valence-corrected chi connectivity index (χ0v) is 10.8. The summed E-state index contributed by atoms with van der Waals surface area (Å²) in [7, 11) is 0. The van der Waals surface area contributed by atoms with E-state index in [2.05, 4.69) is 0 Å². The molecule has 0 radical (unpaired) electrons. The average Bonchev–Trinajstić information content (AvgIpc) is 2.90. The Morgan fingerprint density at radius 3 is 2.75 bits per heavy atom. The fraction of sp³-hybridized carbons (Fsp3) is 0.200. The molecule has 0 saturated heterocycles. The molecule has 1 N–H and O–H groups in total. The van der Waals surface area contributed by atoms with Crippen LogP contribution in [0.4, 0.5) is 17.1 Å². The molecule has 0 spiro atoms. The summed E-state index contributed by atoms with van der Waals surface area (Å²) in [5.41, 5.74) is 3.39. The Morgan fingerprint density at radius 1 is 1.20 bits per heavy atom. The molecule has 0 aromatic heterocycles. The lowest BCUT2D eigenvalue weighted by molar-refractivity contribution is -0.384. The van der Waals surface area contributed by atoms with Crippen molar-refractivity contribution >= 4 is 17.1 Å². The van der Waals surface area contributed by atoms with Crippen molar-refractivity contribution in [1.29, 1.82) is 0 Å². The number of para-hydroxylation sites is 1. The van der Waals surface area contributed by atoms with Gasteiger partial charge in [-0.05, 0) is 29.7 Å². The second-order valence-electron chi connectivity index (χ2n) is 4.77. The van der Waals surface area contributed by atoms with E-state index in [9.17, 15) is 10.1 Å². The summed E-state index contributed by atoms with van der Waals surface area (Å²) in [5, 5.41) is 20.4. The predicted octanol–water partition coefficient (Wildman–Crippen LogP) is 2.78. The highest BCUT2D eigenvalue weighted by atomic mass is 16.6. The minimum Gasteiger partial charge on any atom is -0.392 e. The molecule has 3 rings (SSSR count). The van der Waals surface area contributed by atoms with Crippen molar-refractivity contribution in [3.8, 4) is 0 Å². The molecular formula is C15H14N2O3. The third-order valence-electron chi connectivity index (χ3n) is 3.60. The molecule has 1 heterocycles. The Kier molecular flexibility index (Phi) is 3.12. The second kappa shape index (κ2) is 4.94. The molecular weight excluding hydrogens is 256 g/mol. The maximum Gasteiger partial charge on any atom is 0.293 e. The molecule has 0 saturated carbocycles. The van der Waals surface area contributed by atoms with E-state index in [0.717, 1.165) is 18.7 Å². The van der Waals surface area contributed by atoms with Crippen LogP contribution >= 0.6 is 0 Å². The number of nitro groups is 1. The Balaban J connectivity index is 2.09. The van der Waals surface area contributed by atoms with E-state index in [0.29, 0.717) is 11.3 Å². The maximum absolute atomic E-state index is 11.3. The Hall–Kier alpha value is -2.40. The molecule has 5 heteroatoms. The van der Waals surface area contributed by atoms with Gasteiger partial charge in [0.2, 0.25) is 0 Å². The molecule has 2 aromatic rings. The number of fused-ring (bicyclic) bond motifs is 1. The quantitative estimate of drug-likeness (QED) is 0.688. The van der Waals surface area contributed by atoms with Gasteiger partial charge >= 0.3 is 0 Å². The number of rotatable bonds is 3. The Labute approximate surface area is 116 Å². The molecule has 0 fully saturated rings. The summed E-state index contributed by atoms with van der Waals surface area (Å²) >= 11 is 0. The van der Waals surface area contributed by atoms with Gasteiger partial charge in [0.05, 0.1) is 11.5 Å². The lowest BCUT2D eigenvalue weighted by atomic mass is 10.1. The molecule has 0 aliphatic carbocycles. The van der Waals surface area contributed by atoms with E-state index in [-0.39, 0.29) is 12.3 Å². The number of nitrogens with zero attached hydrogens (tertiary/aromatic N) is 2. The summed E-state index contributed by atoms with van der Waals surface area (Å²) in [6.07, 6.45) is 0.884. The maximum atomic E-state index is 11.3. The minimum atomic E-state index is -0.393. The Morgan fingerprint density at radius 2 is 2.00 bits per heavy atom. The molecule has 0 atom stereocenters. The van der Waals surface area contributed by atoms with Crippen molar-refractivity contribution in [1.82, 2.24) is 0 Å². The molecule has 102 valence electrons. The predicted molar refractivity (Wildman–Crippen MR) is 76.2 cm³/mol. The van der Waals surface area contributed by atoms with Crippen molar-refractivity contribution in [2.24, 2.45) is 0 Å². The highest BCUT2D eigenvalue weighted by Gasteiger charge is 2.26. The van der Waals surface area contributed by atoms with E-state index in [1.54, 1.807) is 12.1 Å². The van der Waals surface area contributed by atoms with Gasteiger partial charge in [0.1, 0.15) is 5.69 Å². The van der Waals surface area contributed by atoms with Crippen LogP contribution in [0.1, 0.15) is 11.1 Å². The summed E-state index contributed by atoms with van der Waals surface area (Å²) in [5.74, 6) is 0. The van der Waals surface area contributed by atoms with Crippen LogP contribution < -0.4 is 4.90 Å². The summed E-state index contributed by atoms with van der Waals surface area (Å²) in [6.45, 7) is 0.538. The van der Waals surface area contributed by atoms with E-state index < -0.39 is 4.92 Å². The molecule has 1 aliphatic heterocycles. The highest BCUT2D eigenvalue weighted by molar-refractivity contribution is 5.76. The van der Waals surface area contributed by atoms with Crippen LogP contribution in [0, 0.1) is 10.1 Å². The first-order valence-electron chi connectivity index (χ1n) is 6.44. The summed E-state index contributed by atoms with van der Waals surface area (Å²) in [4.78, 5) is 12.8. The van der Waals surface area contributed by atoms with Crippen LogP contribution in [0.25, 0.3) is 0 Å². The van der Waals surface area contributed by atoms with Crippen LogP contribution in [0.3, 0.4) is 0 Å². The normalized spacial score (nSPS) is 13.3. The first-order valence-corrected chi connectivity index (χ1v) is 6.44. The van der Waals surface area contributed by atoms with Crippen LogP contribution in [0.5, 0.6) is 0 Å². The highest BCUT2D eigenvalue weighted by Crippen LogP contribution is 2.39. The molecule has 0 bridgehead atoms. The summed E-state index contributed by atoms with van der Waals surface area (Å²) in [6, 6.07) is 12.8.